The van der Waals surface area contributed by atoms with Crippen molar-refractivity contribution in [1.29, 1.82) is 0 Å². The van der Waals surface area contributed by atoms with Crippen molar-refractivity contribution < 1.29 is 18.0 Å². The van der Waals surface area contributed by atoms with Crippen LogP contribution in [-0.4, -0.2) is 45.8 Å². The van der Waals surface area contributed by atoms with Crippen LogP contribution in [0, 0.1) is 0 Å². The molecule has 0 bridgehead atoms. The fourth-order valence-electron chi connectivity index (χ4n) is 2.98. The number of H-pyrrole nitrogens is 1. The van der Waals surface area contributed by atoms with Crippen LogP contribution < -0.4 is 16.0 Å². The van der Waals surface area contributed by atoms with E-state index in [1.54, 1.807) is 12.3 Å². The van der Waals surface area contributed by atoms with Gasteiger partial charge in [-0.2, -0.15) is 13.2 Å². The van der Waals surface area contributed by atoms with Crippen LogP contribution in [0.25, 0.3) is 11.2 Å². The van der Waals surface area contributed by atoms with Gasteiger partial charge < -0.3 is 15.6 Å². The highest BCUT2D eigenvalue weighted by molar-refractivity contribution is 5.89. The number of nitrogens with one attached hydrogen (secondary N) is 4. The van der Waals surface area contributed by atoms with Crippen LogP contribution in [0.15, 0.2) is 18.5 Å². The summed E-state index contributed by atoms with van der Waals surface area (Å²) in [4.78, 5) is 23.2. The molecule has 25 heavy (non-hydrogen) atoms. The molecule has 1 saturated heterocycles. The molecule has 2 amide bonds. The van der Waals surface area contributed by atoms with E-state index in [4.69, 9.17) is 0 Å². The van der Waals surface area contributed by atoms with Gasteiger partial charge in [0.15, 0.2) is 11.5 Å². The third kappa shape index (κ3) is 4.81. The van der Waals surface area contributed by atoms with Crippen LogP contribution in [0.3, 0.4) is 0 Å². The number of aromatic nitrogens is 3. The second-order valence-corrected chi connectivity index (χ2v) is 6.05. The summed E-state index contributed by atoms with van der Waals surface area (Å²) in [5, 5.41) is 7.93. The van der Waals surface area contributed by atoms with Crippen molar-refractivity contribution in [3.63, 3.8) is 0 Å². The van der Waals surface area contributed by atoms with Gasteiger partial charge in [-0.3, -0.25) is 5.32 Å². The molecule has 2 unspecified atom stereocenters. The van der Waals surface area contributed by atoms with Crippen molar-refractivity contribution in [2.75, 3.05) is 11.9 Å². The predicted octanol–water partition coefficient (Wildman–Crippen LogP) is 2.54. The topological polar surface area (TPSA) is 94.7 Å². The second kappa shape index (κ2) is 7.26. The van der Waals surface area contributed by atoms with E-state index in [0.29, 0.717) is 24.1 Å². The second-order valence-electron chi connectivity index (χ2n) is 6.05. The van der Waals surface area contributed by atoms with Crippen LogP contribution in [0.2, 0.25) is 0 Å². The number of carbonyl (C=O) groups is 1. The van der Waals surface area contributed by atoms with Gasteiger partial charge in [-0.1, -0.05) is 6.42 Å². The van der Waals surface area contributed by atoms with E-state index in [2.05, 4.69) is 30.9 Å². The number of aromatic amines is 1. The van der Waals surface area contributed by atoms with Crippen LogP contribution in [0.1, 0.15) is 25.7 Å². The van der Waals surface area contributed by atoms with E-state index in [9.17, 15) is 18.0 Å². The van der Waals surface area contributed by atoms with Gasteiger partial charge in [0, 0.05) is 12.2 Å². The molecule has 0 saturated carbocycles. The Morgan fingerprint density at radius 1 is 1.40 bits per heavy atom. The Kier molecular flexibility index (Phi) is 5.07. The summed E-state index contributed by atoms with van der Waals surface area (Å²) in [7, 11) is 0. The molecule has 2 aromatic heterocycles. The molecule has 0 aliphatic carbocycles. The van der Waals surface area contributed by atoms with Crippen LogP contribution >= 0.6 is 0 Å². The van der Waals surface area contributed by atoms with Crippen molar-refractivity contribution in [2.24, 2.45) is 0 Å². The molecule has 1 aliphatic heterocycles. The summed E-state index contributed by atoms with van der Waals surface area (Å²) in [6.45, 7) is 0.651. The molecular formula is C15H19F3N6O. The Bertz CT molecular complexity index is 725. The first-order valence-corrected chi connectivity index (χ1v) is 8.08. The molecule has 136 valence electrons. The lowest BCUT2D eigenvalue weighted by Gasteiger charge is -2.32. The molecule has 3 heterocycles. The number of halogens is 3. The summed E-state index contributed by atoms with van der Waals surface area (Å²) in [5.41, 5.74) is 1.12. The number of fused-ring (bicyclic) bond motifs is 1. The number of anilines is 1. The average Bonchev–Trinajstić information content (AvgIpc) is 3.01. The Morgan fingerprint density at radius 2 is 2.24 bits per heavy atom. The number of hydrogen-bond donors (Lipinski definition) is 4. The highest BCUT2D eigenvalue weighted by Crippen LogP contribution is 2.25. The fraction of sp³-hybridized carbons (Fsp3) is 0.533. The molecule has 10 heteroatoms. The standard InChI is InChI=1S/C15H19F3N6O/c16-15(17,18)7-11(9-3-1-2-5-19-9)23-14(25)24-12-8-21-13-10(22-12)4-6-20-13/h4,6,8-9,11,19H,1-3,5,7H2,(H,20,21)(H2,22,23,24,25). The maximum absolute atomic E-state index is 12.9. The maximum Gasteiger partial charge on any atom is 0.391 e. The van der Waals surface area contributed by atoms with Gasteiger partial charge in [-0.05, 0) is 25.5 Å². The third-order valence-electron chi connectivity index (χ3n) is 4.10. The van der Waals surface area contributed by atoms with Gasteiger partial charge in [0.05, 0.1) is 18.7 Å². The van der Waals surface area contributed by atoms with E-state index in [-0.39, 0.29) is 5.82 Å². The van der Waals surface area contributed by atoms with Gasteiger partial charge in [0.1, 0.15) is 5.52 Å². The average molecular weight is 356 g/mol. The number of alkyl halides is 3. The number of rotatable bonds is 4. The maximum atomic E-state index is 12.9. The molecule has 7 nitrogen and oxygen atoms in total. The van der Waals surface area contributed by atoms with Gasteiger partial charge in [-0.25, -0.2) is 14.8 Å². The number of piperidine rings is 1. The molecule has 3 rings (SSSR count). The number of carbonyl (C=O) groups excluding carboxylic acids is 1. The van der Waals surface area contributed by atoms with Crippen LogP contribution in [0.5, 0.6) is 0 Å². The zero-order valence-electron chi connectivity index (χ0n) is 13.4. The van der Waals surface area contributed by atoms with Crippen molar-refractivity contribution in [1.82, 2.24) is 25.6 Å². The Labute approximate surface area is 141 Å². The SMILES string of the molecule is O=C(Nc1cnc2[nH]ccc2n1)NC(CC(F)(F)F)C1CCCCN1. The Balaban J connectivity index is 1.65. The zero-order chi connectivity index (χ0) is 17.9. The first-order valence-electron chi connectivity index (χ1n) is 8.08. The van der Waals surface area contributed by atoms with Gasteiger partial charge in [0.2, 0.25) is 0 Å². The minimum absolute atomic E-state index is 0.173. The molecular weight excluding hydrogens is 337 g/mol. The Morgan fingerprint density at radius 3 is 2.96 bits per heavy atom. The lowest BCUT2D eigenvalue weighted by atomic mass is 9.95. The van der Waals surface area contributed by atoms with E-state index in [1.165, 1.54) is 6.20 Å². The molecule has 1 fully saturated rings. The van der Waals surface area contributed by atoms with Gasteiger partial charge >= 0.3 is 12.2 Å². The van der Waals surface area contributed by atoms with E-state index >= 15 is 0 Å². The zero-order valence-corrected chi connectivity index (χ0v) is 13.4. The van der Waals surface area contributed by atoms with E-state index in [0.717, 1.165) is 12.8 Å². The first-order chi connectivity index (χ1) is 11.9. The van der Waals surface area contributed by atoms with Crippen LogP contribution in [-0.2, 0) is 0 Å². The smallest absolute Gasteiger partial charge is 0.345 e. The number of urea groups is 1. The van der Waals surface area contributed by atoms with Crippen LogP contribution in [0.4, 0.5) is 23.8 Å². The Hall–Kier alpha value is -2.36. The van der Waals surface area contributed by atoms with E-state index < -0.39 is 30.7 Å². The lowest BCUT2D eigenvalue weighted by molar-refractivity contribution is -0.141. The molecule has 0 radical (unpaired) electrons. The highest BCUT2D eigenvalue weighted by Gasteiger charge is 2.37. The van der Waals surface area contributed by atoms with Crippen molar-refractivity contribution in [3.05, 3.63) is 18.5 Å². The monoisotopic (exact) mass is 356 g/mol. The molecule has 0 aromatic carbocycles. The molecule has 2 aromatic rings. The fourth-order valence-corrected chi connectivity index (χ4v) is 2.98. The van der Waals surface area contributed by atoms with Crippen molar-refractivity contribution in [2.45, 2.75) is 43.9 Å². The number of hydrogen-bond acceptors (Lipinski definition) is 4. The summed E-state index contributed by atoms with van der Waals surface area (Å²) >= 11 is 0. The minimum atomic E-state index is -4.36. The number of nitrogens with zero attached hydrogens (tertiary/aromatic N) is 2. The predicted molar refractivity (Wildman–Crippen MR) is 86.1 cm³/mol. The molecule has 0 spiro atoms. The largest absolute Gasteiger partial charge is 0.391 e. The van der Waals surface area contributed by atoms with Crippen molar-refractivity contribution in [3.8, 4) is 0 Å². The summed E-state index contributed by atoms with van der Waals surface area (Å²) in [5.74, 6) is 0.173. The summed E-state index contributed by atoms with van der Waals surface area (Å²) in [6, 6.07) is -0.487. The minimum Gasteiger partial charge on any atom is -0.345 e. The van der Waals surface area contributed by atoms with Gasteiger partial charge in [-0.15, -0.1) is 0 Å². The first kappa shape index (κ1) is 17.5. The third-order valence-corrected chi connectivity index (χ3v) is 4.10. The lowest BCUT2D eigenvalue weighted by Crippen LogP contribution is -2.54. The number of amides is 2. The van der Waals surface area contributed by atoms with Crippen molar-refractivity contribution >= 4 is 23.0 Å². The van der Waals surface area contributed by atoms with Gasteiger partial charge in [0.25, 0.3) is 0 Å². The normalized spacial score (nSPS) is 19.6. The molecule has 2 atom stereocenters. The quantitative estimate of drug-likeness (QED) is 0.677. The highest BCUT2D eigenvalue weighted by atomic mass is 19.4. The molecule has 4 N–H and O–H groups in total. The summed E-state index contributed by atoms with van der Waals surface area (Å²) in [6.07, 6.45) is -0.0883. The van der Waals surface area contributed by atoms with E-state index in [1.807, 2.05) is 0 Å². The summed E-state index contributed by atoms with van der Waals surface area (Å²) < 4.78 is 38.6. The molecule has 1 aliphatic rings.